The summed E-state index contributed by atoms with van der Waals surface area (Å²) in [6.07, 6.45) is 0. The van der Waals surface area contributed by atoms with Crippen molar-refractivity contribution in [1.82, 2.24) is 19.1 Å². The van der Waals surface area contributed by atoms with Crippen molar-refractivity contribution in [3.8, 4) is 45.1 Å². The summed E-state index contributed by atoms with van der Waals surface area (Å²) in [4.78, 5) is 10.6. The van der Waals surface area contributed by atoms with Gasteiger partial charge in [0.15, 0.2) is 5.82 Å². The molecule has 5 heterocycles. The van der Waals surface area contributed by atoms with Crippen LogP contribution in [0.3, 0.4) is 0 Å². The van der Waals surface area contributed by atoms with Crippen molar-refractivity contribution < 1.29 is 0 Å². The van der Waals surface area contributed by atoms with Crippen LogP contribution in [0.1, 0.15) is 0 Å². The average Bonchev–Trinajstić information content (AvgIpc) is 4.11. The van der Waals surface area contributed by atoms with E-state index in [1.165, 1.54) is 85.3 Å². The highest BCUT2D eigenvalue weighted by atomic mass is 32.1. The van der Waals surface area contributed by atoms with Gasteiger partial charge in [0.1, 0.15) is 0 Å². The molecule has 9 aromatic carbocycles. The van der Waals surface area contributed by atoms with Crippen LogP contribution in [0.15, 0.2) is 206 Å². The second kappa shape index (κ2) is 13.8. The Bertz CT molecular complexity index is 4160. The van der Waals surface area contributed by atoms with Gasteiger partial charge in [0, 0.05) is 74.3 Å². The second-order valence-corrected chi connectivity index (χ2v) is 18.6. The monoisotopic (exact) mass is 850 g/mol. The van der Waals surface area contributed by atoms with Crippen LogP contribution >= 0.6 is 22.7 Å². The summed E-state index contributed by atoms with van der Waals surface area (Å²) in [7, 11) is 0. The van der Waals surface area contributed by atoms with Crippen LogP contribution in [-0.4, -0.2) is 19.1 Å². The molecule has 0 atom stereocenters. The SMILES string of the molecule is c1ccc(-c2ccc(-c3nc(-c4ccc(-n5c6ccccc6c6c7c(ccc65)sc5cc6c(cc57)c5ccccc5n6-c5ccccc5)cc4)nc4c3sc3ccccc34)cc2)cc1. The summed E-state index contributed by atoms with van der Waals surface area (Å²) in [6, 6.07) is 74.6. The standard InChI is InChI=1S/C58H34N4S2/c1-3-13-35(14-4-1)36-23-25-37(26-24-36)55-57-56(43-19-9-12-22-50(43)64-57)60-58(59-55)38-27-29-40(30-28-38)61-47-21-11-8-18-42(47)53-48(61)31-32-51-54(53)45-33-44-41-17-7-10-20-46(41)62(39-15-5-2-6-16-39)49(44)34-52(45)63-51/h1-34H. The van der Waals surface area contributed by atoms with Gasteiger partial charge in [-0.2, -0.15) is 0 Å². The predicted molar refractivity (Wildman–Crippen MR) is 273 cm³/mol. The van der Waals surface area contributed by atoms with Gasteiger partial charge in [-0.05, 0) is 90.0 Å². The van der Waals surface area contributed by atoms with Crippen molar-refractivity contribution in [3.05, 3.63) is 206 Å². The molecular weight excluding hydrogens is 817 g/mol. The first kappa shape index (κ1) is 35.7. The predicted octanol–water partition coefficient (Wildman–Crippen LogP) is 16.4. The van der Waals surface area contributed by atoms with E-state index in [1.54, 1.807) is 11.3 Å². The fourth-order valence-electron chi connectivity index (χ4n) is 10.0. The van der Waals surface area contributed by atoms with E-state index in [-0.39, 0.29) is 0 Å². The minimum Gasteiger partial charge on any atom is -0.309 e. The maximum atomic E-state index is 5.34. The summed E-state index contributed by atoms with van der Waals surface area (Å²) in [5.41, 5.74) is 13.5. The van der Waals surface area contributed by atoms with Crippen molar-refractivity contribution >= 4 is 107 Å². The molecule has 0 aliphatic rings. The van der Waals surface area contributed by atoms with E-state index in [0.717, 1.165) is 43.9 Å². The van der Waals surface area contributed by atoms with Crippen LogP contribution in [-0.2, 0) is 0 Å². The molecule has 0 amide bonds. The van der Waals surface area contributed by atoms with Gasteiger partial charge in [-0.1, -0.05) is 127 Å². The van der Waals surface area contributed by atoms with Crippen LogP contribution in [0.2, 0.25) is 0 Å². The smallest absolute Gasteiger partial charge is 0.160 e. The molecule has 5 aromatic heterocycles. The number of rotatable bonds is 5. The highest BCUT2D eigenvalue weighted by molar-refractivity contribution is 7.26. The first-order valence-electron chi connectivity index (χ1n) is 21.6. The number of benzene rings is 9. The number of hydrogen-bond donors (Lipinski definition) is 0. The molecule has 64 heavy (non-hydrogen) atoms. The van der Waals surface area contributed by atoms with E-state index in [9.17, 15) is 0 Å². The first-order chi connectivity index (χ1) is 31.7. The van der Waals surface area contributed by atoms with Crippen molar-refractivity contribution in [2.45, 2.75) is 0 Å². The summed E-state index contributed by atoms with van der Waals surface area (Å²) in [5.74, 6) is 0.721. The molecule has 0 unspecified atom stereocenters. The molecule has 0 bridgehead atoms. The lowest BCUT2D eigenvalue weighted by Gasteiger charge is -2.11. The highest BCUT2D eigenvalue weighted by Crippen LogP contribution is 2.46. The zero-order valence-corrected chi connectivity index (χ0v) is 35.9. The molecule has 0 fully saturated rings. The number of aromatic nitrogens is 4. The van der Waals surface area contributed by atoms with Gasteiger partial charge in [-0.15, -0.1) is 22.7 Å². The Morgan fingerprint density at radius 1 is 0.328 bits per heavy atom. The number of para-hydroxylation sites is 3. The lowest BCUT2D eigenvalue weighted by molar-refractivity contribution is 1.18. The molecule has 0 N–H and O–H groups in total. The lowest BCUT2D eigenvalue weighted by atomic mass is 10.0. The zero-order valence-electron chi connectivity index (χ0n) is 34.2. The Balaban J connectivity index is 0.930. The van der Waals surface area contributed by atoms with Crippen molar-refractivity contribution in [3.63, 3.8) is 0 Å². The van der Waals surface area contributed by atoms with E-state index in [1.807, 2.05) is 11.3 Å². The highest BCUT2D eigenvalue weighted by Gasteiger charge is 2.21. The third kappa shape index (κ3) is 5.27. The largest absolute Gasteiger partial charge is 0.309 e. The summed E-state index contributed by atoms with van der Waals surface area (Å²) in [6.45, 7) is 0. The van der Waals surface area contributed by atoms with Gasteiger partial charge in [-0.3, -0.25) is 0 Å². The second-order valence-electron chi connectivity index (χ2n) is 16.5. The summed E-state index contributed by atoms with van der Waals surface area (Å²) >= 11 is 3.65. The molecule has 0 radical (unpaired) electrons. The van der Waals surface area contributed by atoms with Gasteiger partial charge < -0.3 is 9.13 Å². The molecule has 14 rings (SSSR count). The van der Waals surface area contributed by atoms with Crippen molar-refractivity contribution in [2.24, 2.45) is 0 Å². The maximum Gasteiger partial charge on any atom is 0.160 e. The average molecular weight is 851 g/mol. The van der Waals surface area contributed by atoms with Gasteiger partial charge in [-0.25, -0.2) is 9.97 Å². The Kier molecular flexibility index (Phi) is 7.69. The molecule has 0 aliphatic heterocycles. The van der Waals surface area contributed by atoms with Crippen LogP contribution in [0.25, 0.3) is 129 Å². The maximum absolute atomic E-state index is 5.34. The van der Waals surface area contributed by atoms with E-state index in [0.29, 0.717) is 0 Å². The Hall–Kier alpha value is -7.90. The van der Waals surface area contributed by atoms with E-state index < -0.39 is 0 Å². The third-order valence-electron chi connectivity index (χ3n) is 12.9. The summed E-state index contributed by atoms with van der Waals surface area (Å²) < 4.78 is 9.74. The number of fused-ring (bicyclic) bond motifs is 13. The Morgan fingerprint density at radius 2 is 0.938 bits per heavy atom. The molecule has 4 nitrogen and oxygen atoms in total. The third-order valence-corrected chi connectivity index (χ3v) is 15.2. The first-order valence-corrected chi connectivity index (χ1v) is 23.2. The van der Waals surface area contributed by atoms with Crippen LogP contribution in [0.5, 0.6) is 0 Å². The minimum absolute atomic E-state index is 0.721. The Morgan fingerprint density at radius 3 is 1.73 bits per heavy atom. The quantitative estimate of drug-likeness (QED) is 0.173. The number of nitrogens with zero attached hydrogens (tertiary/aromatic N) is 4. The molecule has 0 spiro atoms. The van der Waals surface area contributed by atoms with Crippen molar-refractivity contribution in [1.29, 1.82) is 0 Å². The molecule has 14 aromatic rings. The fraction of sp³-hybridized carbons (Fsp3) is 0. The molecule has 0 aliphatic carbocycles. The van der Waals surface area contributed by atoms with Crippen LogP contribution in [0.4, 0.5) is 0 Å². The van der Waals surface area contributed by atoms with Crippen molar-refractivity contribution in [2.75, 3.05) is 0 Å². The normalized spacial score (nSPS) is 12.1. The minimum atomic E-state index is 0.721. The van der Waals surface area contributed by atoms with Crippen LogP contribution < -0.4 is 0 Å². The van der Waals surface area contributed by atoms with Gasteiger partial charge in [0.2, 0.25) is 0 Å². The van der Waals surface area contributed by atoms with Gasteiger partial charge in [0.05, 0.1) is 38.0 Å². The van der Waals surface area contributed by atoms with Gasteiger partial charge >= 0.3 is 0 Å². The van der Waals surface area contributed by atoms with E-state index in [2.05, 4.69) is 215 Å². The zero-order chi connectivity index (χ0) is 41.9. The number of hydrogen-bond acceptors (Lipinski definition) is 4. The Labute approximate surface area is 375 Å². The molecule has 0 saturated heterocycles. The number of thiophene rings is 2. The lowest BCUT2D eigenvalue weighted by Crippen LogP contribution is -1.96. The van der Waals surface area contributed by atoms with E-state index >= 15 is 0 Å². The molecule has 0 saturated carbocycles. The summed E-state index contributed by atoms with van der Waals surface area (Å²) in [5, 5.41) is 8.84. The van der Waals surface area contributed by atoms with Gasteiger partial charge in [0.25, 0.3) is 0 Å². The fourth-order valence-corrected chi connectivity index (χ4v) is 12.3. The van der Waals surface area contributed by atoms with Crippen LogP contribution in [0, 0.1) is 0 Å². The molecule has 6 heteroatoms. The molecular formula is C58H34N4S2. The van der Waals surface area contributed by atoms with E-state index in [4.69, 9.17) is 9.97 Å². The molecule has 298 valence electrons. The topological polar surface area (TPSA) is 35.6 Å².